The molecule has 0 aliphatic heterocycles. The van der Waals surface area contributed by atoms with Crippen LogP contribution in [0.3, 0.4) is 0 Å². The highest BCUT2D eigenvalue weighted by Gasteiger charge is 2.22. The molecule has 0 saturated heterocycles. The Hall–Kier alpha value is -7.30. The molecular weight excluding hydrogens is 753 g/mol. The lowest BCUT2D eigenvalue weighted by Crippen LogP contribution is -2.13. The van der Waals surface area contributed by atoms with Crippen LogP contribution in [0.15, 0.2) is 194 Å². The monoisotopic (exact) mass is 802 g/mol. The normalized spacial score (nSPS) is 12.4. The Labute approximate surface area is 363 Å². The zero-order valence-electron chi connectivity index (χ0n) is 36.3. The van der Waals surface area contributed by atoms with Gasteiger partial charge in [-0.15, -0.1) is 0 Å². The number of para-hydroxylation sites is 3. The summed E-state index contributed by atoms with van der Waals surface area (Å²) in [4.78, 5) is 2.40. The molecule has 0 N–H and O–H groups in total. The van der Waals surface area contributed by atoms with Gasteiger partial charge in [0.2, 0.25) is 0 Å². The Morgan fingerprint density at radius 2 is 0.855 bits per heavy atom. The van der Waals surface area contributed by atoms with E-state index in [9.17, 15) is 0 Å². The quantitative estimate of drug-likeness (QED) is 0.164. The number of hydrogen-bond donors (Lipinski definition) is 0. The summed E-state index contributed by atoms with van der Waals surface area (Å²) in [6.45, 7) is 13.6. The van der Waals surface area contributed by atoms with Crippen molar-refractivity contribution in [2.24, 2.45) is 0 Å². The minimum absolute atomic E-state index is 0.0496. The Kier molecular flexibility index (Phi) is 8.59. The SMILES string of the molecule is CC(C)(C)c1ccc(N(c2ccc(-n3ccc4ccc5c6ccccc6n(-c6ccccc6)c5c43)cc2)c2ccc3c(c2)c2ccccc2n3-c2ccc(C(C)(C)C)cc2)cc1. The summed E-state index contributed by atoms with van der Waals surface area (Å²) in [7, 11) is 0. The fourth-order valence-corrected chi connectivity index (χ4v) is 9.54. The summed E-state index contributed by atoms with van der Waals surface area (Å²) in [6.07, 6.45) is 2.22. The topological polar surface area (TPSA) is 18.0 Å². The first-order chi connectivity index (χ1) is 30.0. The molecule has 0 fully saturated rings. The van der Waals surface area contributed by atoms with Crippen LogP contribution in [0.1, 0.15) is 52.7 Å². The van der Waals surface area contributed by atoms with Crippen LogP contribution in [0.5, 0.6) is 0 Å². The van der Waals surface area contributed by atoms with E-state index in [-0.39, 0.29) is 10.8 Å². The van der Waals surface area contributed by atoms with E-state index in [1.54, 1.807) is 0 Å². The summed E-state index contributed by atoms with van der Waals surface area (Å²) >= 11 is 0. The Balaban J connectivity index is 1.07. The molecule has 0 atom stereocenters. The van der Waals surface area contributed by atoms with Gasteiger partial charge in [0.25, 0.3) is 0 Å². The van der Waals surface area contributed by atoms with E-state index in [0.29, 0.717) is 0 Å². The Morgan fingerprint density at radius 1 is 0.355 bits per heavy atom. The summed E-state index contributed by atoms with van der Waals surface area (Å²) in [5.74, 6) is 0. The molecule has 0 unspecified atom stereocenters. The second-order valence-electron chi connectivity index (χ2n) is 18.8. The fraction of sp³-hybridized carbons (Fsp3) is 0.138. The number of rotatable bonds is 6. The van der Waals surface area contributed by atoms with E-state index in [1.165, 1.54) is 71.3 Å². The van der Waals surface area contributed by atoms with Gasteiger partial charge in [0.1, 0.15) is 0 Å². The fourth-order valence-electron chi connectivity index (χ4n) is 9.54. The van der Waals surface area contributed by atoms with E-state index < -0.39 is 0 Å². The number of fused-ring (bicyclic) bond motifs is 8. The highest BCUT2D eigenvalue weighted by Crippen LogP contribution is 2.42. The molecule has 0 radical (unpaired) electrons. The van der Waals surface area contributed by atoms with Crippen molar-refractivity contribution in [2.45, 2.75) is 52.4 Å². The molecule has 0 aliphatic rings. The highest BCUT2D eigenvalue weighted by atomic mass is 15.1. The van der Waals surface area contributed by atoms with Gasteiger partial charge in [0.05, 0.1) is 27.6 Å². The van der Waals surface area contributed by atoms with E-state index in [1.807, 2.05) is 0 Å². The molecule has 0 spiro atoms. The predicted molar refractivity (Wildman–Crippen MR) is 264 cm³/mol. The van der Waals surface area contributed by atoms with Gasteiger partial charge in [-0.25, -0.2) is 0 Å². The average molecular weight is 803 g/mol. The molecule has 3 heterocycles. The van der Waals surface area contributed by atoms with Crippen LogP contribution in [-0.2, 0) is 10.8 Å². The van der Waals surface area contributed by atoms with Crippen LogP contribution < -0.4 is 4.90 Å². The van der Waals surface area contributed by atoms with Crippen molar-refractivity contribution in [3.05, 3.63) is 205 Å². The Bertz CT molecular complexity index is 3440. The summed E-state index contributed by atoms with van der Waals surface area (Å²) < 4.78 is 7.19. The molecule has 62 heavy (non-hydrogen) atoms. The van der Waals surface area contributed by atoms with E-state index in [2.05, 4.69) is 254 Å². The number of benzene rings is 8. The third-order valence-electron chi connectivity index (χ3n) is 12.8. The first-order valence-corrected chi connectivity index (χ1v) is 21.8. The number of anilines is 3. The minimum atomic E-state index is 0.0496. The molecule has 3 aromatic heterocycles. The number of nitrogens with zero attached hydrogens (tertiary/aromatic N) is 4. The third-order valence-corrected chi connectivity index (χ3v) is 12.8. The van der Waals surface area contributed by atoms with Crippen LogP contribution in [0.4, 0.5) is 17.1 Å². The molecule has 302 valence electrons. The van der Waals surface area contributed by atoms with Gasteiger partial charge in [-0.05, 0) is 119 Å². The van der Waals surface area contributed by atoms with Gasteiger partial charge in [-0.1, -0.05) is 133 Å². The maximum absolute atomic E-state index is 2.43. The molecule has 0 aliphatic carbocycles. The molecule has 4 heteroatoms. The van der Waals surface area contributed by atoms with Crippen LogP contribution in [0, 0.1) is 0 Å². The van der Waals surface area contributed by atoms with Crippen molar-refractivity contribution >= 4 is 71.6 Å². The predicted octanol–water partition coefficient (Wildman–Crippen LogP) is 15.9. The van der Waals surface area contributed by atoms with Crippen molar-refractivity contribution in [2.75, 3.05) is 4.90 Å². The summed E-state index contributed by atoms with van der Waals surface area (Å²) in [6, 6.07) is 69.3. The van der Waals surface area contributed by atoms with Crippen LogP contribution in [0.2, 0.25) is 0 Å². The summed E-state index contributed by atoms with van der Waals surface area (Å²) in [5.41, 5.74) is 15.5. The second kappa shape index (κ2) is 14.1. The first-order valence-electron chi connectivity index (χ1n) is 21.8. The van der Waals surface area contributed by atoms with Crippen LogP contribution in [0.25, 0.3) is 71.6 Å². The maximum Gasteiger partial charge on any atom is 0.0788 e. The van der Waals surface area contributed by atoms with Gasteiger partial charge in [-0.3, -0.25) is 0 Å². The van der Waals surface area contributed by atoms with E-state index in [0.717, 1.165) is 28.4 Å². The second-order valence-corrected chi connectivity index (χ2v) is 18.8. The number of hydrogen-bond acceptors (Lipinski definition) is 1. The molecule has 11 rings (SSSR count). The third kappa shape index (κ3) is 6.12. The van der Waals surface area contributed by atoms with Crippen molar-refractivity contribution in [1.82, 2.24) is 13.7 Å². The van der Waals surface area contributed by atoms with Gasteiger partial charge in [0, 0.05) is 67.3 Å². The lowest BCUT2D eigenvalue weighted by atomic mass is 9.87. The van der Waals surface area contributed by atoms with Crippen molar-refractivity contribution in [3.63, 3.8) is 0 Å². The molecule has 4 nitrogen and oxygen atoms in total. The van der Waals surface area contributed by atoms with Gasteiger partial charge >= 0.3 is 0 Å². The maximum atomic E-state index is 2.43. The average Bonchev–Trinajstić information content (AvgIpc) is 3.97. The molecule has 0 amide bonds. The standard InChI is InChI=1S/C58H50N4/c1-57(2,3)40-21-25-44(26-22-40)60(47-33-35-54-51(38-47)49-17-11-12-18-52(49)61(54)46-27-23-41(24-28-46)58(4,5)6)45-31-29-42(30-32-45)59-37-36-39-20-34-50-48-16-10-13-19-53(48)62(56(50)55(39)59)43-14-8-7-9-15-43/h7-38H,1-6H3. The minimum Gasteiger partial charge on any atom is -0.315 e. The van der Waals surface area contributed by atoms with Crippen molar-refractivity contribution < 1.29 is 0 Å². The Morgan fingerprint density at radius 3 is 1.50 bits per heavy atom. The molecule has 8 aromatic carbocycles. The molecular formula is C58H50N4. The van der Waals surface area contributed by atoms with Gasteiger partial charge in [-0.2, -0.15) is 0 Å². The lowest BCUT2D eigenvalue weighted by molar-refractivity contribution is 0.590. The smallest absolute Gasteiger partial charge is 0.0788 e. The zero-order valence-corrected chi connectivity index (χ0v) is 36.3. The molecule has 11 aromatic rings. The van der Waals surface area contributed by atoms with Crippen LogP contribution in [-0.4, -0.2) is 13.7 Å². The first kappa shape index (κ1) is 37.7. The van der Waals surface area contributed by atoms with Crippen molar-refractivity contribution in [3.8, 4) is 17.1 Å². The lowest BCUT2D eigenvalue weighted by Gasteiger charge is -2.27. The summed E-state index contributed by atoms with van der Waals surface area (Å²) in [5, 5.41) is 6.17. The number of aromatic nitrogens is 3. The van der Waals surface area contributed by atoms with E-state index in [4.69, 9.17) is 0 Å². The zero-order chi connectivity index (χ0) is 42.3. The molecule has 0 bridgehead atoms. The highest BCUT2D eigenvalue weighted by molar-refractivity contribution is 6.18. The molecule has 0 saturated carbocycles. The van der Waals surface area contributed by atoms with Gasteiger partial charge < -0.3 is 18.6 Å². The largest absolute Gasteiger partial charge is 0.315 e. The van der Waals surface area contributed by atoms with Gasteiger partial charge in [0.15, 0.2) is 0 Å². The van der Waals surface area contributed by atoms with Crippen LogP contribution >= 0.6 is 0 Å². The van der Waals surface area contributed by atoms with Crippen molar-refractivity contribution in [1.29, 1.82) is 0 Å². The van der Waals surface area contributed by atoms with E-state index >= 15 is 0 Å².